The lowest BCUT2D eigenvalue weighted by atomic mass is 10.2. The smallest absolute Gasteiger partial charge is 0.190 e. The van der Waals surface area contributed by atoms with Crippen molar-refractivity contribution in [3.63, 3.8) is 0 Å². The van der Waals surface area contributed by atoms with Crippen molar-refractivity contribution in [3.8, 4) is 11.3 Å². The molecule has 0 amide bonds. The third-order valence-electron chi connectivity index (χ3n) is 1.99. The van der Waals surface area contributed by atoms with Gasteiger partial charge in [0.2, 0.25) is 0 Å². The largest absolute Gasteiger partial charge is 0.441 e. The molecule has 2 rings (SSSR count). The first-order valence-electron chi connectivity index (χ1n) is 4.59. The number of rotatable bonds is 3. The van der Waals surface area contributed by atoms with Crippen LogP contribution in [0.15, 0.2) is 45.7 Å². The van der Waals surface area contributed by atoms with Crippen molar-refractivity contribution in [2.24, 2.45) is 0 Å². The second kappa shape index (κ2) is 4.42. The van der Waals surface area contributed by atoms with Crippen LogP contribution in [-0.2, 0) is 0 Å². The van der Waals surface area contributed by atoms with Gasteiger partial charge in [-0.3, -0.25) is 4.72 Å². The first kappa shape index (κ1) is 10.1. The molecule has 4 heteroatoms. The molecule has 1 heterocycles. The Balaban J connectivity index is 2.23. The lowest BCUT2D eigenvalue weighted by Gasteiger charge is -2.00. The maximum Gasteiger partial charge on any atom is 0.190 e. The molecule has 1 aromatic heterocycles. The van der Waals surface area contributed by atoms with Crippen LogP contribution < -0.4 is 10.5 Å². The molecule has 0 spiro atoms. The molecule has 0 aliphatic carbocycles. The van der Waals surface area contributed by atoms with E-state index < -0.39 is 0 Å². The number of nitrogens with two attached hydrogens (primary N) is 1. The molecule has 0 fully saturated rings. The van der Waals surface area contributed by atoms with Crippen LogP contribution in [0.1, 0.15) is 0 Å². The normalized spacial score (nSPS) is 10.5. The van der Waals surface area contributed by atoms with Gasteiger partial charge in [-0.2, -0.15) is 0 Å². The van der Waals surface area contributed by atoms with E-state index in [9.17, 15) is 0 Å². The van der Waals surface area contributed by atoms with Crippen molar-refractivity contribution < 1.29 is 4.42 Å². The summed E-state index contributed by atoms with van der Waals surface area (Å²) < 4.78 is 8.35. The summed E-state index contributed by atoms with van der Waals surface area (Å²) in [5.41, 5.74) is 6.55. The molecule has 0 radical (unpaired) electrons. The van der Waals surface area contributed by atoms with Crippen molar-refractivity contribution in [3.05, 3.63) is 36.4 Å². The van der Waals surface area contributed by atoms with E-state index >= 15 is 0 Å². The second-order valence-corrected chi connectivity index (χ2v) is 4.12. The number of anilines is 1. The molecule has 0 saturated heterocycles. The first-order chi connectivity index (χ1) is 7.29. The summed E-state index contributed by atoms with van der Waals surface area (Å²) in [4.78, 5) is 1.17. The van der Waals surface area contributed by atoms with E-state index in [1.165, 1.54) is 4.90 Å². The Morgan fingerprint density at radius 3 is 2.40 bits per heavy atom. The van der Waals surface area contributed by atoms with E-state index in [0.717, 1.165) is 11.3 Å². The quantitative estimate of drug-likeness (QED) is 0.781. The Bertz CT molecular complexity index is 436. The van der Waals surface area contributed by atoms with Crippen LogP contribution in [0.5, 0.6) is 0 Å². The Morgan fingerprint density at radius 2 is 1.87 bits per heavy atom. The number of hydrogen-bond donors (Lipinski definition) is 2. The monoisotopic (exact) mass is 220 g/mol. The van der Waals surface area contributed by atoms with Crippen molar-refractivity contribution in [1.82, 2.24) is 4.72 Å². The van der Waals surface area contributed by atoms with Gasteiger partial charge in [-0.05, 0) is 37.2 Å². The third kappa shape index (κ3) is 2.34. The highest BCUT2D eigenvalue weighted by molar-refractivity contribution is 7.97. The van der Waals surface area contributed by atoms with E-state index in [1.54, 1.807) is 18.0 Å². The van der Waals surface area contributed by atoms with E-state index in [0.29, 0.717) is 5.88 Å². The zero-order valence-corrected chi connectivity index (χ0v) is 9.17. The molecule has 0 atom stereocenters. The number of furan rings is 1. The van der Waals surface area contributed by atoms with Gasteiger partial charge in [-0.25, -0.2) is 0 Å². The molecular formula is C11H12N2OS. The zero-order chi connectivity index (χ0) is 10.7. The van der Waals surface area contributed by atoms with Gasteiger partial charge in [-0.15, -0.1) is 0 Å². The Labute approximate surface area is 92.8 Å². The van der Waals surface area contributed by atoms with Gasteiger partial charge in [0.05, 0.1) is 0 Å². The predicted molar refractivity (Wildman–Crippen MR) is 63.5 cm³/mol. The second-order valence-electron chi connectivity index (χ2n) is 3.03. The van der Waals surface area contributed by atoms with E-state index in [2.05, 4.69) is 4.72 Å². The van der Waals surface area contributed by atoms with Crippen LogP contribution in [0.4, 0.5) is 5.88 Å². The van der Waals surface area contributed by atoms with E-state index in [1.807, 2.05) is 37.4 Å². The Kier molecular flexibility index (Phi) is 2.99. The molecule has 15 heavy (non-hydrogen) atoms. The maximum atomic E-state index is 5.51. The van der Waals surface area contributed by atoms with E-state index in [-0.39, 0.29) is 0 Å². The maximum absolute atomic E-state index is 5.51. The lowest BCUT2D eigenvalue weighted by molar-refractivity contribution is 0.603. The predicted octanol–water partition coefficient (Wildman–Crippen LogP) is 2.76. The summed E-state index contributed by atoms with van der Waals surface area (Å²) in [5.74, 6) is 1.24. The molecular weight excluding hydrogens is 208 g/mol. The zero-order valence-electron chi connectivity index (χ0n) is 8.36. The molecule has 0 unspecified atom stereocenters. The minimum Gasteiger partial charge on any atom is -0.441 e. The molecule has 2 aromatic rings. The third-order valence-corrected chi connectivity index (χ3v) is 2.70. The number of nitrogens with one attached hydrogen (secondary N) is 1. The highest BCUT2D eigenvalue weighted by Gasteiger charge is 2.02. The molecule has 78 valence electrons. The minimum absolute atomic E-state index is 0.443. The first-order valence-corrected chi connectivity index (χ1v) is 5.40. The van der Waals surface area contributed by atoms with Crippen molar-refractivity contribution in [2.45, 2.75) is 4.90 Å². The van der Waals surface area contributed by atoms with Crippen LogP contribution in [0.3, 0.4) is 0 Å². The van der Waals surface area contributed by atoms with Crippen molar-refractivity contribution in [2.75, 3.05) is 12.8 Å². The molecule has 1 aromatic carbocycles. The Hall–Kier alpha value is -1.39. The SMILES string of the molecule is CNSc1ccc(-c2ccc(N)o2)cc1. The number of benzene rings is 1. The molecule has 3 nitrogen and oxygen atoms in total. The molecule has 0 aliphatic rings. The minimum atomic E-state index is 0.443. The summed E-state index contributed by atoms with van der Waals surface area (Å²) in [5, 5.41) is 0. The van der Waals surface area contributed by atoms with Gasteiger partial charge < -0.3 is 10.2 Å². The van der Waals surface area contributed by atoms with Crippen LogP contribution >= 0.6 is 11.9 Å². The van der Waals surface area contributed by atoms with Crippen LogP contribution in [0.25, 0.3) is 11.3 Å². The summed E-state index contributed by atoms with van der Waals surface area (Å²) in [6.07, 6.45) is 0. The standard InChI is InChI=1S/C11H12N2OS/c1-13-15-9-4-2-8(3-5-9)10-6-7-11(12)14-10/h2-7,13H,12H2,1H3. The van der Waals surface area contributed by atoms with Gasteiger partial charge in [0.1, 0.15) is 5.76 Å². The number of nitrogen functional groups attached to an aromatic ring is 1. The van der Waals surface area contributed by atoms with Gasteiger partial charge in [-0.1, -0.05) is 12.1 Å². The van der Waals surface area contributed by atoms with Gasteiger partial charge in [0.15, 0.2) is 5.88 Å². The van der Waals surface area contributed by atoms with E-state index in [4.69, 9.17) is 10.2 Å². The summed E-state index contributed by atoms with van der Waals surface area (Å²) in [6, 6.07) is 11.7. The molecule has 0 saturated carbocycles. The topological polar surface area (TPSA) is 51.2 Å². The van der Waals surface area contributed by atoms with Crippen LogP contribution in [-0.4, -0.2) is 7.05 Å². The highest BCUT2D eigenvalue weighted by Crippen LogP contribution is 2.25. The van der Waals surface area contributed by atoms with Crippen LogP contribution in [0, 0.1) is 0 Å². The molecule has 0 bridgehead atoms. The molecule has 3 N–H and O–H groups in total. The summed E-state index contributed by atoms with van der Waals surface area (Å²) in [7, 11) is 1.89. The fourth-order valence-corrected chi connectivity index (χ4v) is 1.82. The number of hydrogen-bond acceptors (Lipinski definition) is 4. The highest BCUT2D eigenvalue weighted by atomic mass is 32.2. The Morgan fingerprint density at radius 1 is 1.13 bits per heavy atom. The van der Waals surface area contributed by atoms with Gasteiger partial charge in [0.25, 0.3) is 0 Å². The summed E-state index contributed by atoms with van der Waals surface area (Å²) >= 11 is 1.58. The van der Waals surface area contributed by atoms with Gasteiger partial charge in [0, 0.05) is 16.5 Å². The lowest BCUT2D eigenvalue weighted by Crippen LogP contribution is -1.89. The van der Waals surface area contributed by atoms with Crippen molar-refractivity contribution in [1.29, 1.82) is 0 Å². The van der Waals surface area contributed by atoms with Crippen molar-refractivity contribution >= 4 is 17.8 Å². The average Bonchev–Trinajstić information content (AvgIpc) is 2.67. The fraction of sp³-hybridized carbons (Fsp3) is 0.0909. The fourth-order valence-electron chi connectivity index (χ4n) is 1.31. The molecule has 0 aliphatic heterocycles. The summed E-state index contributed by atoms with van der Waals surface area (Å²) in [6.45, 7) is 0. The van der Waals surface area contributed by atoms with Gasteiger partial charge >= 0.3 is 0 Å². The average molecular weight is 220 g/mol. The van der Waals surface area contributed by atoms with Crippen LogP contribution in [0.2, 0.25) is 0 Å².